The lowest BCUT2D eigenvalue weighted by Crippen LogP contribution is -2.14. The summed E-state index contributed by atoms with van der Waals surface area (Å²) in [5.74, 6) is 0.0743. The van der Waals surface area contributed by atoms with Crippen LogP contribution in [0, 0.1) is 13.8 Å². The SMILES string of the molecule is CCOc1cc(/C=N\n2c(N)c(C(=O)Nc3cc(C)cc(C)c3)c3nc4ccccc4nc32)ccc1O. The number of fused-ring (bicyclic) bond motifs is 2. The van der Waals surface area contributed by atoms with Crippen LogP contribution in [0.4, 0.5) is 11.5 Å². The van der Waals surface area contributed by atoms with Gasteiger partial charge in [0.05, 0.1) is 23.9 Å². The molecule has 5 rings (SSSR count). The van der Waals surface area contributed by atoms with Gasteiger partial charge in [-0.1, -0.05) is 18.2 Å². The van der Waals surface area contributed by atoms with Crippen molar-refractivity contribution in [1.29, 1.82) is 0 Å². The molecule has 2 heterocycles. The highest BCUT2D eigenvalue weighted by Crippen LogP contribution is 2.30. The van der Waals surface area contributed by atoms with Gasteiger partial charge >= 0.3 is 0 Å². The van der Waals surface area contributed by atoms with E-state index < -0.39 is 5.91 Å². The van der Waals surface area contributed by atoms with E-state index in [1.54, 1.807) is 18.3 Å². The average Bonchev–Trinajstić information content (AvgIpc) is 3.12. The number of benzene rings is 3. The molecule has 0 bridgehead atoms. The number of aromatic nitrogens is 3. The van der Waals surface area contributed by atoms with Crippen LogP contribution in [-0.4, -0.2) is 38.5 Å². The van der Waals surface area contributed by atoms with Crippen molar-refractivity contribution in [3.05, 3.63) is 82.9 Å². The summed E-state index contributed by atoms with van der Waals surface area (Å²) >= 11 is 0. The van der Waals surface area contributed by atoms with Crippen LogP contribution in [-0.2, 0) is 0 Å². The molecule has 3 aromatic carbocycles. The van der Waals surface area contributed by atoms with Crippen molar-refractivity contribution in [3.63, 3.8) is 0 Å². The molecule has 2 aromatic heterocycles. The summed E-state index contributed by atoms with van der Waals surface area (Å²) in [6, 6.07) is 18.1. The number of nitrogens with zero attached hydrogens (tertiary/aromatic N) is 4. The number of aryl methyl sites for hydroxylation is 2. The number of ether oxygens (including phenoxy) is 1. The lowest BCUT2D eigenvalue weighted by Gasteiger charge is -2.08. The first-order chi connectivity index (χ1) is 17.8. The molecule has 0 spiro atoms. The summed E-state index contributed by atoms with van der Waals surface area (Å²) < 4.78 is 6.86. The number of anilines is 2. The third kappa shape index (κ3) is 4.66. The van der Waals surface area contributed by atoms with E-state index in [4.69, 9.17) is 20.4 Å². The van der Waals surface area contributed by atoms with Crippen molar-refractivity contribution in [3.8, 4) is 11.5 Å². The maximum atomic E-state index is 13.5. The van der Waals surface area contributed by atoms with Gasteiger partial charge in [-0.05, 0) is 79.9 Å². The average molecular weight is 495 g/mol. The smallest absolute Gasteiger partial charge is 0.261 e. The Kier molecular flexibility index (Phi) is 6.19. The number of phenolic OH excluding ortho intramolecular Hbond substituents is 1. The van der Waals surface area contributed by atoms with Gasteiger partial charge in [0.25, 0.3) is 5.91 Å². The van der Waals surface area contributed by atoms with Gasteiger partial charge in [-0.2, -0.15) is 9.78 Å². The summed E-state index contributed by atoms with van der Waals surface area (Å²) in [5.41, 5.74) is 12.0. The Balaban J connectivity index is 1.63. The number of hydrogen-bond donors (Lipinski definition) is 3. The molecular formula is C28H26N6O3. The zero-order chi connectivity index (χ0) is 26.1. The molecule has 0 saturated carbocycles. The number of nitrogens with two attached hydrogens (primary N) is 1. The molecule has 0 unspecified atom stereocenters. The predicted molar refractivity (Wildman–Crippen MR) is 146 cm³/mol. The van der Waals surface area contributed by atoms with Gasteiger partial charge in [0.2, 0.25) is 0 Å². The van der Waals surface area contributed by atoms with E-state index >= 15 is 0 Å². The zero-order valence-electron chi connectivity index (χ0n) is 20.7. The third-order valence-electron chi connectivity index (χ3n) is 5.79. The summed E-state index contributed by atoms with van der Waals surface area (Å²) in [6.07, 6.45) is 1.56. The van der Waals surface area contributed by atoms with E-state index in [1.807, 2.05) is 63.2 Å². The third-order valence-corrected chi connectivity index (χ3v) is 5.79. The minimum Gasteiger partial charge on any atom is -0.504 e. The van der Waals surface area contributed by atoms with Crippen LogP contribution < -0.4 is 15.8 Å². The van der Waals surface area contributed by atoms with Gasteiger partial charge in [0.1, 0.15) is 16.9 Å². The van der Waals surface area contributed by atoms with Crippen molar-refractivity contribution in [2.75, 3.05) is 17.7 Å². The molecule has 0 aliphatic rings. The number of nitrogens with one attached hydrogen (secondary N) is 1. The van der Waals surface area contributed by atoms with Crippen LogP contribution in [0.25, 0.3) is 22.2 Å². The molecular weight excluding hydrogens is 468 g/mol. The van der Waals surface area contributed by atoms with E-state index in [2.05, 4.69) is 10.4 Å². The monoisotopic (exact) mass is 494 g/mol. The van der Waals surface area contributed by atoms with E-state index in [0.29, 0.717) is 45.8 Å². The number of amides is 1. The maximum Gasteiger partial charge on any atom is 0.261 e. The Morgan fingerprint density at radius 3 is 2.49 bits per heavy atom. The number of phenols is 1. The molecule has 0 aliphatic carbocycles. The molecule has 0 saturated heterocycles. The largest absolute Gasteiger partial charge is 0.504 e. The summed E-state index contributed by atoms with van der Waals surface area (Å²) in [5, 5.41) is 17.5. The Hall–Kier alpha value is -4.92. The molecule has 9 nitrogen and oxygen atoms in total. The number of rotatable bonds is 6. The first kappa shape index (κ1) is 23.8. The van der Waals surface area contributed by atoms with Crippen molar-refractivity contribution in [2.45, 2.75) is 20.8 Å². The normalized spacial score (nSPS) is 11.4. The van der Waals surface area contributed by atoms with Crippen molar-refractivity contribution in [1.82, 2.24) is 14.6 Å². The topological polar surface area (TPSA) is 128 Å². The number of nitrogen functional groups attached to an aromatic ring is 1. The first-order valence-corrected chi connectivity index (χ1v) is 11.8. The zero-order valence-corrected chi connectivity index (χ0v) is 20.7. The van der Waals surface area contributed by atoms with Crippen molar-refractivity contribution < 1.29 is 14.6 Å². The van der Waals surface area contributed by atoms with Crippen molar-refractivity contribution >= 4 is 45.8 Å². The second kappa shape index (κ2) is 9.62. The fourth-order valence-electron chi connectivity index (χ4n) is 4.24. The van der Waals surface area contributed by atoms with Gasteiger partial charge in [-0.3, -0.25) is 4.79 Å². The highest BCUT2D eigenvalue weighted by molar-refractivity contribution is 6.16. The van der Waals surface area contributed by atoms with E-state index in [0.717, 1.165) is 11.1 Å². The maximum absolute atomic E-state index is 13.5. The molecule has 9 heteroatoms. The molecule has 1 amide bonds. The minimum absolute atomic E-state index is 0.0348. The van der Waals surface area contributed by atoms with Gasteiger partial charge in [-0.25, -0.2) is 9.97 Å². The molecule has 5 aromatic rings. The quantitative estimate of drug-likeness (QED) is 0.284. The van der Waals surface area contributed by atoms with Crippen LogP contribution in [0.2, 0.25) is 0 Å². The Bertz CT molecular complexity index is 1670. The molecule has 0 aliphatic heterocycles. The molecule has 0 fully saturated rings. The van der Waals surface area contributed by atoms with Crippen LogP contribution in [0.5, 0.6) is 11.5 Å². The van der Waals surface area contributed by atoms with Crippen LogP contribution in [0.15, 0.2) is 65.8 Å². The van der Waals surface area contributed by atoms with E-state index in [9.17, 15) is 9.90 Å². The lowest BCUT2D eigenvalue weighted by molar-refractivity contribution is 0.102. The number of carbonyl (C=O) groups excluding carboxylic acids is 1. The Morgan fingerprint density at radius 1 is 1.08 bits per heavy atom. The highest BCUT2D eigenvalue weighted by Gasteiger charge is 2.24. The first-order valence-electron chi connectivity index (χ1n) is 11.8. The van der Waals surface area contributed by atoms with Gasteiger partial charge in [0, 0.05) is 5.69 Å². The summed E-state index contributed by atoms with van der Waals surface area (Å²) in [4.78, 5) is 22.9. The Labute approximate surface area is 213 Å². The van der Waals surface area contributed by atoms with Gasteiger partial charge in [-0.15, -0.1) is 0 Å². The highest BCUT2D eigenvalue weighted by atomic mass is 16.5. The summed E-state index contributed by atoms with van der Waals surface area (Å²) in [7, 11) is 0. The van der Waals surface area contributed by atoms with Gasteiger partial charge < -0.3 is 20.9 Å². The fourth-order valence-corrected chi connectivity index (χ4v) is 4.24. The molecule has 0 radical (unpaired) electrons. The van der Waals surface area contributed by atoms with E-state index in [-0.39, 0.29) is 17.1 Å². The van der Waals surface area contributed by atoms with Crippen LogP contribution >= 0.6 is 0 Å². The number of aromatic hydroxyl groups is 1. The lowest BCUT2D eigenvalue weighted by atomic mass is 10.1. The fraction of sp³-hybridized carbons (Fsp3) is 0.143. The molecule has 0 atom stereocenters. The molecule has 4 N–H and O–H groups in total. The predicted octanol–water partition coefficient (Wildman–Crippen LogP) is 5.02. The molecule has 186 valence electrons. The number of para-hydroxylation sites is 2. The second-order valence-electron chi connectivity index (χ2n) is 8.69. The molecule has 37 heavy (non-hydrogen) atoms. The van der Waals surface area contributed by atoms with Crippen LogP contribution in [0.1, 0.15) is 34.0 Å². The summed E-state index contributed by atoms with van der Waals surface area (Å²) in [6.45, 7) is 6.18. The van der Waals surface area contributed by atoms with Crippen molar-refractivity contribution in [2.24, 2.45) is 5.10 Å². The number of hydrogen-bond acceptors (Lipinski definition) is 7. The van der Waals surface area contributed by atoms with E-state index in [1.165, 1.54) is 10.7 Å². The standard InChI is InChI=1S/C28H26N6O3/c1-4-37-23-14-18(9-10-22(23)35)15-30-34-26(29)24(28(36)31-19-12-16(2)11-17(3)13-19)25-27(34)33-21-8-6-5-7-20(21)32-25/h5-15,35H,4,29H2,1-3H3,(H,31,36)/b30-15-. The van der Waals surface area contributed by atoms with Gasteiger partial charge in [0.15, 0.2) is 17.1 Å². The minimum atomic E-state index is -0.408. The van der Waals surface area contributed by atoms with Crippen LogP contribution in [0.3, 0.4) is 0 Å². The number of carbonyl (C=O) groups is 1. The Morgan fingerprint density at radius 2 is 1.78 bits per heavy atom. The second-order valence-corrected chi connectivity index (χ2v) is 8.69.